The molecule has 0 aromatic carbocycles. The van der Waals surface area contributed by atoms with Gasteiger partial charge in [-0.05, 0) is 6.92 Å². The monoisotopic (exact) mass is 545 g/mol. The van der Waals surface area contributed by atoms with Crippen LogP contribution in [0.15, 0.2) is 20.0 Å². The third kappa shape index (κ3) is 5.63. The lowest BCUT2D eigenvalue weighted by Crippen LogP contribution is -2.46. The standard InChI is InChI=1S/C25H28FN5O8/c1-7-25(10-35-21(32)12(2)3)16(38-22(33)13(4)5)8-17(39-25)31-11-28-18-19(29-23(26)30-20(18)31)27-9-15-14(6)36-24(34)37-15/h1,11-13,16-17H,8-10H2,2-6H3,(H,27,29,30)/t16-,17+,25+/m0/s1. The number of carbonyl (C=O) groups is 2. The van der Waals surface area contributed by atoms with E-state index in [2.05, 4.69) is 26.2 Å². The molecule has 1 saturated heterocycles. The number of terminal acetylenes is 1. The lowest BCUT2D eigenvalue weighted by atomic mass is 9.98. The zero-order valence-corrected chi connectivity index (χ0v) is 22.0. The molecular formula is C25H28FN5O8. The first-order valence-corrected chi connectivity index (χ1v) is 12.2. The van der Waals surface area contributed by atoms with Crippen molar-refractivity contribution in [1.82, 2.24) is 19.5 Å². The molecule has 208 valence electrons. The van der Waals surface area contributed by atoms with Gasteiger partial charge in [-0.3, -0.25) is 14.2 Å². The normalized spacial score (nSPS) is 20.9. The first kappa shape index (κ1) is 27.8. The van der Waals surface area contributed by atoms with Crippen molar-refractivity contribution >= 4 is 28.9 Å². The highest BCUT2D eigenvalue weighted by atomic mass is 19.1. The van der Waals surface area contributed by atoms with Crippen LogP contribution in [0.2, 0.25) is 0 Å². The van der Waals surface area contributed by atoms with Crippen LogP contribution >= 0.6 is 0 Å². The summed E-state index contributed by atoms with van der Waals surface area (Å²) in [5.41, 5.74) is -1.37. The van der Waals surface area contributed by atoms with E-state index in [1.54, 1.807) is 34.6 Å². The van der Waals surface area contributed by atoms with Crippen LogP contribution in [0.5, 0.6) is 0 Å². The van der Waals surface area contributed by atoms with E-state index in [9.17, 15) is 18.8 Å². The number of carbonyl (C=O) groups excluding carboxylic acids is 2. The van der Waals surface area contributed by atoms with Crippen LogP contribution in [-0.4, -0.2) is 49.8 Å². The Morgan fingerprint density at radius 3 is 2.59 bits per heavy atom. The largest absolute Gasteiger partial charge is 0.519 e. The van der Waals surface area contributed by atoms with Crippen molar-refractivity contribution in [3.05, 3.63) is 34.5 Å². The molecule has 1 fully saturated rings. The molecule has 4 heterocycles. The molecule has 13 nitrogen and oxygen atoms in total. The average Bonchev–Trinajstić information content (AvgIpc) is 3.55. The quantitative estimate of drug-likeness (QED) is 0.238. The fourth-order valence-corrected chi connectivity index (χ4v) is 3.89. The van der Waals surface area contributed by atoms with Gasteiger partial charge in [0.05, 0.1) is 24.7 Å². The maximum absolute atomic E-state index is 14.5. The summed E-state index contributed by atoms with van der Waals surface area (Å²) in [5.74, 6) is 0.221. The number of fused-ring (bicyclic) bond motifs is 1. The van der Waals surface area contributed by atoms with Crippen LogP contribution in [0.1, 0.15) is 51.9 Å². The molecule has 3 aromatic rings. The summed E-state index contributed by atoms with van der Waals surface area (Å²) in [6.45, 7) is 7.80. The summed E-state index contributed by atoms with van der Waals surface area (Å²) >= 11 is 0. The molecule has 0 radical (unpaired) electrons. The van der Waals surface area contributed by atoms with E-state index >= 15 is 0 Å². The molecule has 0 unspecified atom stereocenters. The van der Waals surface area contributed by atoms with Gasteiger partial charge in [0.25, 0.3) is 0 Å². The predicted octanol–water partition coefficient (Wildman–Crippen LogP) is 2.49. The summed E-state index contributed by atoms with van der Waals surface area (Å²) in [6, 6.07) is 0. The Morgan fingerprint density at radius 2 is 1.97 bits per heavy atom. The Bertz CT molecular complexity index is 1490. The van der Waals surface area contributed by atoms with Gasteiger partial charge in [-0.25, -0.2) is 9.78 Å². The SMILES string of the molecule is C#C[C@]1(COC(=O)C(C)C)O[C@@H](n2cnc3c(NCc4oc(=O)oc4C)nc(F)nc32)C[C@@H]1OC(=O)C(C)C. The summed E-state index contributed by atoms with van der Waals surface area (Å²) in [4.78, 5) is 47.9. The number of ether oxygens (including phenoxy) is 3. The van der Waals surface area contributed by atoms with E-state index in [0.29, 0.717) is 0 Å². The maximum atomic E-state index is 14.5. The molecule has 14 heteroatoms. The van der Waals surface area contributed by atoms with E-state index in [1.807, 2.05) is 0 Å². The Hall–Kier alpha value is -4.25. The minimum atomic E-state index is -1.61. The molecule has 4 rings (SSSR count). The first-order valence-electron chi connectivity index (χ1n) is 12.2. The number of esters is 2. The topological polar surface area (TPSA) is 161 Å². The minimum absolute atomic E-state index is 0.0226. The van der Waals surface area contributed by atoms with Crippen LogP contribution < -0.4 is 11.1 Å². The van der Waals surface area contributed by atoms with Gasteiger partial charge in [0.2, 0.25) is 5.60 Å². The van der Waals surface area contributed by atoms with E-state index in [1.165, 1.54) is 10.9 Å². The lowest BCUT2D eigenvalue weighted by molar-refractivity contribution is -0.170. The number of hydrogen-bond donors (Lipinski definition) is 1. The average molecular weight is 546 g/mol. The number of rotatable bonds is 9. The Morgan fingerprint density at radius 1 is 1.26 bits per heavy atom. The van der Waals surface area contributed by atoms with Gasteiger partial charge < -0.3 is 28.4 Å². The van der Waals surface area contributed by atoms with E-state index in [-0.39, 0.29) is 48.1 Å². The number of nitrogens with zero attached hydrogens (tertiary/aromatic N) is 4. The number of nitrogens with one attached hydrogen (secondary N) is 1. The van der Waals surface area contributed by atoms with Gasteiger partial charge in [0, 0.05) is 6.42 Å². The third-order valence-corrected chi connectivity index (χ3v) is 6.11. The van der Waals surface area contributed by atoms with Crippen molar-refractivity contribution in [3.8, 4) is 12.3 Å². The number of halogens is 1. The van der Waals surface area contributed by atoms with Crippen molar-refractivity contribution in [3.63, 3.8) is 0 Å². The molecule has 1 aliphatic heterocycles. The maximum Gasteiger partial charge on any atom is 0.519 e. The lowest BCUT2D eigenvalue weighted by Gasteiger charge is -2.29. The first-order chi connectivity index (χ1) is 18.4. The zero-order chi connectivity index (χ0) is 28.5. The van der Waals surface area contributed by atoms with Crippen LogP contribution in [0.25, 0.3) is 11.2 Å². The highest BCUT2D eigenvalue weighted by Gasteiger charge is 2.52. The van der Waals surface area contributed by atoms with Gasteiger partial charge in [-0.15, -0.1) is 6.42 Å². The van der Waals surface area contributed by atoms with E-state index < -0.39 is 53.6 Å². The Kier molecular flexibility index (Phi) is 7.73. The number of anilines is 1. The highest BCUT2D eigenvalue weighted by molar-refractivity contribution is 5.82. The van der Waals surface area contributed by atoms with Crippen molar-refractivity contribution < 1.29 is 37.0 Å². The number of hydrogen-bond acceptors (Lipinski definition) is 12. The van der Waals surface area contributed by atoms with Gasteiger partial charge in [0.15, 0.2) is 22.7 Å². The second-order valence-corrected chi connectivity index (χ2v) is 9.64. The fourth-order valence-electron chi connectivity index (χ4n) is 3.89. The molecule has 0 aliphatic carbocycles. The smallest absolute Gasteiger partial charge is 0.461 e. The molecule has 3 aromatic heterocycles. The number of imidazole rings is 1. The molecule has 0 bridgehead atoms. The number of aromatic nitrogens is 4. The summed E-state index contributed by atoms with van der Waals surface area (Å²) < 4.78 is 42.9. The van der Waals surface area contributed by atoms with Crippen LogP contribution in [0.4, 0.5) is 10.2 Å². The molecule has 1 N–H and O–H groups in total. The van der Waals surface area contributed by atoms with Crippen molar-refractivity contribution in [2.45, 2.75) is 65.5 Å². The van der Waals surface area contributed by atoms with Gasteiger partial charge in [-0.2, -0.15) is 14.4 Å². The zero-order valence-electron chi connectivity index (χ0n) is 22.0. The van der Waals surface area contributed by atoms with Crippen molar-refractivity contribution in [2.75, 3.05) is 11.9 Å². The van der Waals surface area contributed by atoms with Gasteiger partial charge >= 0.3 is 23.8 Å². The van der Waals surface area contributed by atoms with Crippen LogP contribution in [0.3, 0.4) is 0 Å². The summed E-state index contributed by atoms with van der Waals surface area (Å²) in [5, 5.41) is 2.86. The second-order valence-electron chi connectivity index (χ2n) is 9.64. The molecule has 0 amide bonds. The van der Waals surface area contributed by atoms with Gasteiger partial charge in [-0.1, -0.05) is 33.6 Å². The molecule has 0 saturated carbocycles. The molecule has 3 atom stereocenters. The fraction of sp³-hybridized carbons (Fsp3) is 0.520. The minimum Gasteiger partial charge on any atom is -0.461 e. The Balaban J connectivity index is 1.65. The second kappa shape index (κ2) is 10.9. The molecule has 1 aliphatic rings. The predicted molar refractivity (Wildman–Crippen MR) is 131 cm³/mol. The highest BCUT2D eigenvalue weighted by Crippen LogP contribution is 2.40. The number of aryl methyl sites for hydroxylation is 1. The van der Waals surface area contributed by atoms with Crippen LogP contribution in [-0.2, 0) is 30.3 Å². The molecule has 39 heavy (non-hydrogen) atoms. The van der Waals surface area contributed by atoms with E-state index in [0.717, 1.165) is 0 Å². The van der Waals surface area contributed by atoms with Crippen molar-refractivity contribution in [1.29, 1.82) is 0 Å². The summed E-state index contributed by atoms with van der Waals surface area (Å²) in [7, 11) is 0. The van der Waals surface area contributed by atoms with E-state index in [4.69, 9.17) is 29.5 Å². The van der Waals surface area contributed by atoms with Gasteiger partial charge in [0.1, 0.15) is 24.7 Å². The molecule has 0 spiro atoms. The third-order valence-electron chi connectivity index (χ3n) is 6.11. The van der Waals surface area contributed by atoms with Crippen molar-refractivity contribution in [2.24, 2.45) is 11.8 Å². The molecular weight excluding hydrogens is 517 g/mol. The summed E-state index contributed by atoms with van der Waals surface area (Å²) in [6.07, 6.45) is 4.27. The Labute approximate surface area is 222 Å². The van der Waals surface area contributed by atoms with Crippen LogP contribution in [0, 0.1) is 37.2 Å².